The molecule has 1 aromatic heterocycles. The zero-order valence-corrected chi connectivity index (χ0v) is 10.3. The molecule has 2 rings (SSSR count). The molecule has 1 aromatic carbocycles. The van der Waals surface area contributed by atoms with Crippen molar-refractivity contribution in [3.8, 4) is 6.07 Å². The first-order valence-electron chi connectivity index (χ1n) is 4.70. The lowest BCUT2D eigenvalue weighted by molar-refractivity contribution is -0.137. The van der Waals surface area contributed by atoms with Crippen LogP contribution in [-0.2, 0) is 6.18 Å². The highest BCUT2D eigenvalue weighted by molar-refractivity contribution is 9.10. The zero-order valence-electron chi connectivity index (χ0n) is 8.72. The molecule has 0 aliphatic heterocycles. The predicted molar refractivity (Wildman–Crippen MR) is 63.6 cm³/mol. The van der Waals surface area contributed by atoms with Gasteiger partial charge in [-0.25, -0.2) is 4.98 Å². The minimum absolute atomic E-state index is 0.0170. The van der Waals surface area contributed by atoms with Crippen LogP contribution >= 0.6 is 15.9 Å². The van der Waals surface area contributed by atoms with Crippen molar-refractivity contribution in [1.29, 1.82) is 5.26 Å². The van der Waals surface area contributed by atoms with Gasteiger partial charge in [-0.05, 0) is 34.1 Å². The van der Waals surface area contributed by atoms with Crippen molar-refractivity contribution in [3.05, 3.63) is 33.8 Å². The Bertz CT molecular complexity index is 674. The first-order valence-corrected chi connectivity index (χ1v) is 5.50. The summed E-state index contributed by atoms with van der Waals surface area (Å²) < 4.78 is 38.0. The summed E-state index contributed by atoms with van der Waals surface area (Å²) in [6, 6.07) is 4.88. The van der Waals surface area contributed by atoms with E-state index < -0.39 is 11.7 Å². The van der Waals surface area contributed by atoms with E-state index in [2.05, 4.69) is 20.9 Å². The highest BCUT2D eigenvalue weighted by Crippen LogP contribution is 2.35. The van der Waals surface area contributed by atoms with Gasteiger partial charge >= 0.3 is 6.18 Å². The van der Waals surface area contributed by atoms with Crippen LogP contribution in [0.4, 0.5) is 19.0 Å². The van der Waals surface area contributed by atoms with E-state index >= 15 is 0 Å². The van der Waals surface area contributed by atoms with Gasteiger partial charge in [0.2, 0.25) is 0 Å². The van der Waals surface area contributed by atoms with Gasteiger partial charge in [0.25, 0.3) is 0 Å². The van der Waals surface area contributed by atoms with Crippen molar-refractivity contribution in [2.75, 3.05) is 5.73 Å². The average Bonchev–Trinajstić information content (AvgIpc) is 2.27. The van der Waals surface area contributed by atoms with Gasteiger partial charge in [-0.1, -0.05) is 0 Å². The Morgan fingerprint density at radius 1 is 1.33 bits per heavy atom. The maximum absolute atomic E-state index is 12.6. The van der Waals surface area contributed by atoms with Gasteiger partial charge < -0.3 is 5.73 Å². The number of nitrogen functional groups attached to an aromatic ring is 1. The van der Waals surface area contributed by atoms with Gasteiger partial charge in [-0.2, -0.15) is 18.4 Å². The van der Waals surface area contributed by atoms with E-state index in [1.165, 1.54) is 6.07 Å². The molecule has 2 aromatic rings. The summed E-state index contributed by atoms with van der Waals surface area (Å²) >= 11 is 3.08. The van der Waals surface area contributed by atoms with E-state index in [0.29, 0.717) is 5.52 Å². The lowest BCUT2D eigenvalue weighted by Crippen LogP contribution is -2.05. The monoisotopic (exact) mass is 315 g/mol. The maximum Gasteiger partial charge on any atom is 0.416 e. The molecule has 18 heavy (non-hydrogen) atoms. The normalized spacial score (nSPS) is 11.5. The number of hydrogen-bond donors (Lipinski definition) is 1. The number of nitriles is 1. The van der Waals surface area contributed by atoms with Gasteiger partial charge in [0, 0.05) is 9.86 Å². The number of fused-ring (bicyclic) bond motifs is 1. The second-order valence-corrected chi connectivity index (χ2v) is 4.32. The van der Waals surface area contributed by atoms with Crippen molar-refractivity contribution >= 4 is 32.7 Å². The SMILES string of the molecule is N#Cc1c(N)nc2ccc(C(F)(F)F)cc2c1Br. The van der Waals surface area contributed by atoms with Crippen molar-refractivity contribution in [1.82, 2.24) is 4.98 Å². The lowest BCUT2D eigenvalue weighted by atomic mass is 10.1. The van der Waals surface area contributed by atoms with E-state index in [0.717, 1.165) is 12.1 Å². The molecule has 0 aliphatic carbocycles. The maximum atomic E-state index is 12.6. The number of anilines is 1. The third-order valence-electron chi connectivity index (χ3n) is 2.39. The van der Waals surface area contributed by atoms with Crippen molar-refractivity contribution in [2.24, 2.45) is 0 Å². The van der Waals surface area contributed by atoms with E-state index in [4.69, 9.17) is 11.0 Å². The van der Waals surface area contributed by atoms with E-state index in [1.807, 2.05) is 0 Å². The zero-order chi connectivity index (χ0) is 13.5. The molecule has 0 saturated heterocycles. The molecule has 92 valence electrons. The second-order valence-electron chi connectivity index (χ2n) is 3.53. The minimum atomic E-state index is -4.44. The first kappa shape index (κ1) is 12.6. The average molecular weight is 316 g/mol. The lowest BCUT2D eigenvalue weighted by Gasteiger charge is -2.09. The molecule has 0 aliphatic rings. The minimum Gasteiger partial charge on any atom is -0.383 e. The quantitative estimate of drug-likeness (QED) is 0.809. The molecule has 0 atom stereocenters. The number of pyridine rings is 1. The molecule has 0 bridgehead atoms. The Morgan fingerprint density at radius 3 is 2.56 bits per heavy atom. The van der Waals surface area contributed by atoms with Crippen LogP contribution in [0.5, 0.6) is 0 Å². The number of benzene rings is 1. The number of rotatable bonds is 0. The molecule has 7 heteroatoms. The summed E-state index contributed by atoms with van der Waals surface area (Å²) in [5.41, 5.74) is 5.06. The van der Waals surface area contributed by atoms with Crippen LogP contribution in [0.2, 0.25) is 0 Å². The van der Waals surface area contributed by atoms with Gasteiger partial charge in [-0.15, -0.1) is 0 Å². The molecule has 3 nitrogen and oxygen atoms in total. The van der Waals surface area contributed by atoms with Crippen molar-refractivity contribution in [3.63, 3.8) is 0 Å². The third-order valence-corrected chi connectivity index (χ3v) is 3.21. The molecule has 0 spiro atoms. The summed E-state index contributed by atoms with van der Waals surface area (Å²) in [4.78, 5) is 3.89. The fourth-order valence-corrected chi connectivity index (χ4v) is 2.13. The van der Waals surface area contributed by atoms with Crippen LogP contribution in [0.25, 0.3) is 10.9 Å². The van der Waals surface area contributed by atoms with E-state index in [9.17, 15) is 13.2 Å². The Kier molecular flexibility index (Phi) is 2.91. The van der Waals surface area contributed by atoms with E-state index in [-0.39, 0.29) is 21.2 Å². The largest absolute Gasteiger partial charge is 0.416 e. The van der Waals surface area contributed by atoms with E-state index in [1.54, 1.807) is 6.07 Å². The van der Waals surface area contributed by atoms with Gasteiger partial charge in [-0.3, -0.25) is 0 Å². The highest BCUT2D eigenvalue weighted by atomic mass is 79.9. The summed E-state index contributed by atoms with van der Waals surface area (Å²) in [5, 5.41) is 9.07. The van der Waals surface area contributed by atoms with Crippen molar-refractivity contribution < 1.29 is 13.2 Å². The standard InChI is InChI=1S/C11H5BrF3N3/c12-9-6-3-5(11(13,14)15)1-2-8(6)18-10(17)7(9)4-16/h1-3H,(H2,17,18). The highest BCUT2D eigenvalue weighted by Gasteiger charge is 2.30. The number of nitrogens with zero attached hydrogens (tertiary/aromatic N) is 2. The second kappa shape index (κ2) is 4.14. The molecular formula is C11H5BrF3N3. The van der Waals surface area contributed by atoms with Crippen LogP contribution in [0.1, 0.15) is 11.1 Å². The van der Waals surface area contributed by atoms with Crippen LogP contribution in [0.15, 0.2) is 22.7 Å². The number of aromatic nitrogens is 1. The number of nitrogens with two attached hydrogens (primary N) is 1. The Morgan fingerprint density at radius 2 is 2.00 bits per heavy atom. The van der Waals surface area contributed by atoms with Crippen LogP contribution in [-0.4, -0.2) is 4.98 Å². The first-order chi connectivity index (χ1) is 8.34. The van der Waals surface area contributed by atoms with Gasteiger partial charge in [0.1, 0.15) is 17.5 Å². The fraction of sp³-hybridized carbons (Fsp3) is 0.0909. The molecular weight excluding hydrogens is 311 g/mol. The molecule has 0 amide bonds. The molecule has 2 N–H and O–H groups in total. The summed E-state index contributed by atoms with van der Waals surface area (Å²) in [6.07, 6.45) is -4.44. The molecule has 0 unspecified atom stereocenters. The summed E-state index contributed by atoms with van der Waals surface area (Å²) in [7, 11) is 0. The number of hydrogen-bond acceptors (Lipinski definition) is 3. The topological polar surface area (TPSA) is 62.7 Å². The summed E-state index contributed by atoms with van der Waals surface area (Å²) in [6.45, 7) is 0. The van der Waals surface area contributed by atoms with Crippen LogP contribution in [0, 0.1) is 11.3 Å². The third kappa shape index (κ3) is 1.99. The smallest absolute Gasteiger partial charge is 0.383 e. The molecule has 0 saturated carbocycles. The van der Waals surface area contributed by atoms with Gasteiger partial charge in [0.15, 0.2) is 0 Å². The Labute approximate surface area is 108 Å². The number of alkyl halides is 3. The van der Waals surface area contributed by atoms with Crippen molar-refractivity contribution in [2.45, 2.75) is 6.18 Å². The summed E-state index contributed by atoms with van der Waals surface area (Å²) in [5.74, 6) is -0.0170. The Hall–Kier alpha value is -1.81. The molecule has 0 fully saturated rings. The fourth-order valence-electron chi connectivity index (χ4n) is 1.52. The predicted octanol–water partition coefficient (Wildman–Crippen LogP) is 3.47. The number of halogens is 4. The van der Waals surface area contributed by atoms with Crippen LogP contribution < -0.4 is 5.73 Å². The molecule has 0 radical (unpaired) electrons. The molecule has 1 heterocycles. The Balaban J connectivity index is 2.82. The van der Waals surface area contributed by atoms with Gasteiger partial charge in [0.05, 0.1) is 11.1 Å². The van der Waals surface area contributed by atoms with Crippen LogP contribution in [0.3, 0.4) is 0 Å².